The zero-order valence-electron chi connectivity index (χ0n) is 19.5. The highest BCUT2D eigenvalue weighted by atomic mass is 35.5. The van der Waals surface area contributed by atoms with Crippen molar-refractivity contribution in [1.29, 1.82) is 0 Å². The molecule has 0 spiro atoms. The predicted molar refractivity (Wildman–Crippen MR) is 135 cm³/mol. The first kappa shape index (κ1) is 23.2. The zero-order valence-corrected chi connectivity index (χ0v) is 20.3. The van der Waals surface area contributed by atoms with Crippen LogP contribution in [0.25, 0.3) is 11.2 Å². The Morgan fingerprint density at radius 1 is 1.11 bits per heavy atom. The highest BCUT2D eigenvalue weighted by Gasteiger charge is 2.31. The van der Waals surface area contributed by atoms with Crippen LogP contribution in [0.4, 0.5) is 0 Å². The SMILES string of the molecule is CC[C@H](C(=O)N1CCC(c2nc3c(nnn3Cc3ccccc3)c(=O)[nH]2)CC1)c1ccccc1Cl. The van der Waals surface area contributed by atoms with Gasteiger partial charge in [0.15, 0.2) is 11.2 Å². The Kier molecular flexibility index (Phi) is 6.63. The number of nitrogens with one attached hydrogen (secondary N) is 1. The number of H-pyrrole nitrogens is 1. The number of piperidine rings is 1. The van der Waals surface area contributed by atoms with Crippen LogP contribution in [0.3, 0.4) is 0 Å². The number of benzene rings is 2. The number of rotatable bonds is 6. The average molecular weight is 491 g/mol. The summed E-state index contributed by atoms with van der Waals surface area (Å²) in [4.78, 5) is 35.6. The predicted octanol–water partition coefficient (Wildman–Crippen LogP) is 4.12. The van der Waals surface area contributed by atoms with Crippen molar-refractivity contribution < 1.29 is 4.79 Å². The molecule has 1 saturated heterocycles. The standard InChI is InChI=1S/C26H27ClN6O2/c1-2-19(20-10-6-7-11-21(20)27)26(35)32-14-12-18(13-15-32)23-28-24-22(25(34)29-23)30-31-33(24)16-17-8-4-3-5-9-17/h3-11,18-19H,2,12-16H2,1H3,(H,28,29,34)/t19-/m0/s1. The molecule has 180 valence electrons. The van der Waals surface area contributed by atoms with E-state index in [0.29, 0.717) is 42.5 Å². The van der Waals surface area contributed by atoms with Gasteiger partial charge >= 0.3 is 0 Å². The van der Waals surface area contributed by atoms with Crippen LogP contribution in [0.5, 0.6) is 0 Å². The number of carbonyl (C=O) groups excluding carboxylic acids is 1. The molecule has 1 aliphatic rings. The number of hydrogen-bond acceptors (Lipinski definition) is 5. The van der Waals surface area contributed by atoms with Crippen molar-refractivity contribution in [1.82, 2.24) is 29.9 Å². The molecule has 3 heterocycles. The topological polar surface area (TPSA) is 96.8 Å². The van der Waals surface area contributed by atoms with Gasteiger partial charge in [0, 0.05) is 24.0 Å². The molecule has 2 aromatic heterocycles. The summed E-state index contributed by atoms with van der Waals surface area (Å²) in [6, 6.07) is 17.4. The van der Waals surface area contributed by atoms with E-state index in [4.69, 9.17) is 16.6 Å². The quantitative estimate of drug-likeness (QED) is 0.438. The Hall–Kier alpha value is -3.52. The van der Waals surface area contributed by atoms with Crippen LogP contribution in [0.1, 0.15) is 55.0 Å². The number of fused-ring (bicyclic) bond motifs is 1. The molecule has 4 aromatic rings. The molecule has 1 atom stereocenters. The van der Waals surface area contributed by atoms with Gasteiger partial charge in [-0.15, -0.1) is 5.10 Å². The lowest BCUT2D eigenvalue weighted by molar-refractivity contribution is -0.134. The molecule has 35 heavy (non-hydrogen) atoms. The van der Waals surface area contributed by atoms with Gasteiger partial charge in [-0.05, 0) is 36.5 Å². The van der Waals surface area contributed by atoms with Gasteiger partial charge in [0.25, 0.3) is 5.56 Å². The fourth-order valence-corrected chi connectivity index (χ4v) is 5.09. The lowest BCUT2D eigenvalue weighted by atomic mass is 9.91. The maximum atomic E-state index is 13.3. The molecule has 5 rings (SSSR count). The van der Waals surface area contributed by atoms with Crippen LogP contribution >= 0.6 is 11.6 Å². The van der Waals surface area contributed by atoms with Crippen molar-refractivity contribution in [2.75, 3.05) is 13.1 Å². The number of amides is 1. The Balaban J connectivity index is 1.32. The molecule has 0 unspecified atom stereocenters. The third-order valence-corrected chi connectivity index (χ3v) is 7.09. The van der Waals surface area contributed by atoms with Crippen LogP contribution in [0.2, 0.25) is 5.02 Å². The zero-order chi connectivity index (χ0) is 24.4. The fourth-order valence-electron chi connectivity index (χ4n) is 4.82. The normalized spacial score (nSPS) is 15.4. The second-order valence-electron chi connectivity index (χ2n) is 8.94. The summed E-state index contributed by atoms with van der Waals surface area (Å²) >= 11 is 6.38. The third-order valence-electron chi connectivity index (χ3n) is 6.75. The Morgan fingerprint density at radius 2 is 1.83 bits per heavy atom. The summed E-state index contributed by atoms with van der Waals surface area (Å²) in [6.45, 7) is 3.71. The van der Waals surface area contributed by atoms with Gasteiger partial charge in [0.1, 0.15) is 5.82 Å². The summed E-state index contributed by atoms with van der Waals surface area (Å²) in [5.41, 5.74) is 2.37. The van der Waals surface area contributed by atoms with Crippen molar-refractivity contribution in [2.24, 2.45) is 0 Å². The van der Waals surface area contributed by atoms with E-state index in [1.165, 1.54) is 0 Å². The van der Waals surface area contributed by atoms with E-state index < -0.39 is 0 Å². The molecule has 0 saturated carbocycles. The molecular weight excluding hydrogens is 464 g/mol. The Morgan fingerprint density at radius 3 is 2.54 bits per heavy atom. The van der Waals surface area contributed by atoms with E-state index in [2.05, 4.69) is 15.3 Å². The van der Waals surface area contributed by atoms with E-state index in [1.807, 2.05) is 66.4 Å². The van der Waals surface area contributed by atoms with Gasteiger partial charge in [0.05, 0.1) is 12.5 Å². The summed E-state index contributed by atoms with van der Waals surface area (Å²) in [5.74, 6) is 0.523. The van der Waals surface area contributed by atoms with Crippen molar-refractivity contribution in [2.45, 2.75) is 44.6 Å². The van der Waals surface area contributed by atoms with Gasteiger partial charge in [-0.3, -0.25) is 9.59 Å². The van der Waals surface area contributed by atoms with E-state index in [-0.39, 0.29) is 28.8 Å². The smallest absolute Gasteiger partial charge is 0.281 e. The molecule has 0 radical (unpaired) electrons. The monoisotopic (exact) mass is 490 g/mol. The minimum atomic E-state index is -0.285. The Bertz CT molecular complexity index is 1390. The molecule has 1 aliphatic heterocycles. The van der Waals surface area contributed by atoms with Gasteiger partial charge in [-0.25, -0.2) is 9.67 Å². The van der Waals surface area contributed by atoms with Crippen LogP contribution in [-0.4, -0.2) is 48.9 Å². The van der Waals surface area contributed by atoms with E-state index in [9.17, 15) is 9.59 Å². The first-order valence-corrected chi connectivity index (χ1v) is 12.3. The molecule has 9 heteroatoms. The lowest BCUT2D eigenvalue weighted by Crippen LogP contribution is -2.41. The van der Waals surface area contributed by atoms with Gasteiger partial charge in [-0.1, -0.05) is 72.3 Å². The van der Waals surface area contributed by atoms with Crippen LogP contribution < -0.4 is 5.56 Å². The van der Waals surface area contributed by atoms with E-state index in [0.717, 1.165) is 24.0 Å². The van der Waals surface area contributed by atoms with Crippen LogP contribution in [0, 0.1) is 0 Å². The number of nitrogens with zero attached hydrogens (tertiary/aromatic N) is 5. The van der Waals surface area contributed by atoms with E-state index >= 15 is 0 Å². The molecule has 1 fully saturated rings. The maximum Gasteiger partial charge on any atom is 0.281 e. The van der Waals surface area contributed by atoms with Gasteiger partial charge < -0.3 is 9.88 Å². The van der Waals surface area contributed by atoms with E-state index in [1.54, 1.807) is 4.68 Å². The van der Waals surface area contributed by atoms with Crippen molar-refractivity contribution in [3.8, 4) is 0 Å². The number of likely N-dealkylation sites (tertiary alicyclic amines) is 1. The van der Waals surface area contributed by atoms with Crippen molar-refractivity contribution >= 4 is 28.7 Å². The fraction of sp³-hybridized carbons (Fsp3) is 0.346. The highest BCUT2D eigenvalue weighted by Crippen LogP contribution is 2.32. The Labute approximate surface area is 207 Å². The van der Waals surface area contributed by atoms with Crippen molar-refractivity contribution in [3.63, 3.8) is 0 Å². The largest absolute Gasteiger partial charge is 0.342 e. The second-order valence-corrected chi connectivity index (χ2v) is 9.35. The number of aromatic amines is 1. The third kappa shape index (κ3) is 4.71. The minimum Gasteiger partial charge on any atom is -0.342 e. The molecule has 1 N–H and O–H groups in total. The molecule has 0 aliphatic carbocycles. The van der Waals surface area contributed by atoms with Gasteiger partial charge in [-0.2, -0.15) is 0 Å². The minimum absolute atomic E-state index is 0.0524. The number of carbonyl (C=O) groups is 1. The summed E-state index contributed by atoms with van der Waals surface area (Å²) in [7, 11) is 0. The van der Waals surface area contributed by atoms with Crippen LogP contribution in [-0.2, 0) is 11.3 Å². The number of hydrogen-bond donors (Lipinski definition) is 1. The van der Waals surface area contributed by atoms with Crippen molar-refractivity contribution in [3.05, 3.63) is 86.9 Å². The molecule has 0 bridgehead atoms. The summed E-state index contributed by atoms with van der Waals surface area (Å²) < 4.78 is 1.66. The summed E-state index contributed by atoms with van der Waals surface area (Å²) in [5, 5.41) is 8.83. The number of halogens is 1. The summed E-state index contributed by atoms with van der Waals surface area (Å²) in [6.07, 6.45) is 2.13. The highest BCUT2D eigenvalue weighted by molar-refractivity contribution is 6.31. The molecular formula is C26H27ClN6O2. The molecule has 8 nitrogen and oxygen atoms in total. The second kappa shape index (κ2) is 10.00. The molecule has 2 aromatic carbocycles. The number of aromatic nitrogens is 5. The maximum absolute atomic E-state index is 13.3. The van der Waals surface area contributed by atoms with Gasteiger partial charge in [0.2, 0.25) is 5.91 Å². The van der Waals surface area contributed by atoms with Crippen LogP contribution in [0.15, 0.2) is 59.4 Å². The molecule has 1 amide bonds. The first-order chi connectivity index (χ1) is 17.0. The first-order valence-electron chi connectivity index (χ1n) is 12.0. The lowest BCUT2D eigenvalue weighted by Gasteiger charge is -2.34. The average Bonchev–Trinajstić information content (AvgIpc) is 3.29.